The van der Waals surface area contributed by atoms with E-state index >= 15 is 0 Å². The zero-order valence-electron chi connectivity index (χ0n) is 8.99. The van der Waals surface area contributed by atoms with Gasteiger partial charge in [0.05, 0.1) is 0 Å². The van der Waals surface area contributed by atoms with Gasteiger partial charge in [-0.05, 0) is 37.6 Å². The average Bonchev–Trinajstić information content (AvgIpc) is 2.80. The first kappa shape index (κ1) is 10.2. The standard InChI is InChI=1S/C12H19NS/c1-9(8-11-5-6-11)13-10(2)12-4-3-7-14-12/h3-4,7,9-11,13H,5-6,8H2,1-2H3/t9?,10-/m1/s1. The second-order valence-corrected chi connectivity index (χ2v) is 5.46. The Labute approximate surface area is 90.5 Å². The van der Waals surface area contributed by atoms with Crippen molar-refractivity contribution in [3.63, 3.8) is 0 Å². The maximum atomic E-state index is 3.66. The van der Waals surface area contributed by atoms with Gasteiger partial charge in [-0.2, -0.15) is 0 Å². The molecular formula is C12H19NS. The van der Waals surface area contributed by atoms with E-state index in [1.807, 2.05) is 11.3 Å². The minimum atomic E-state index is 0.517. The molecule has 2 atom stereocenters. The molecule has 1 saturated carbocycles. The van der Waals surface area contributed by atoms with Gasteiger partial charge >= 0.3 is 0 Å². The molecule has 0 aliphatic heterocycles. The van der Waals surface area contributed by atoms with Crippen molar-refractivity contribution < 1.29 is 0 Å². The van der Waals surface area contributed by atoms with Crippen LogP contribution in [-0.4, -0.2) is 6.04 Å². The van der Waals surface area contributed by atoms with Gasteiger partial charge < -0.3 is 5.32 Å². The summed E-state index contributed by atoms with van der Waals surface area (Å²) in [6, 6.07) is 5.53. The van der Waals surface area contributed by atoms with Gasteiger partial charge in [0.1, 0.15) is 0 Å². The van der Waals surface area contributed by atoms with E-state index in [9.17, 15) is 0 Å². The van der Waals surface area contributed by atoms with Crippen molar-refractivity contribution in [2.75, 3.05) is 0 Å². The molecule has 0 aromatic carbocycles. The van der Waals surface area contributed by atoms with Gasteiger partial charge in [0.15, 0.2) is 0 Å². The monoisotopic (exact) mass is 209 g/mol. The molecule has 0 bridgehead atoms. The molecule has 2 heteroatoms. The molecule has 1 aliphatic rings. The summed E-state index contributed by atoms with van der Waals surface area (Å²) in [6.45, 7) is 4.57. The molecule has 2 rings (SSSR count). The summed E-state index contributed by atoms with van der Waals surface area (Å²) in [5.74, 6) is 1.02. The smallest absolute Gasteiger partial charge is 0.0388 e. The molecule has 1 fully saturated rings. The Morgan fingerprint density at radius 1 is 1.50 bits per heavy atom. The molecule has 1 unspecified atom stereocenters. The normalized spacial score (nSPS) is 20.7. The molecule has 1 aromatic heterocycles. The number of nitrogens with one attached hydrogen (secondary N) is 1. The first-order chi connectivity index (χ1) is 6.75. The van der Waals surface area contributed by atoms with E-state index in [1.54, 1.807) is 0 Å². The fraction of sp³-hybridized carbons (Fsp3) is 0.667. The van der Waals surface area contributed by atoms with Crippen molar-refractivity contribution in [3.05, 3.63) is 22.4 Å². The predicted octanol–water partition coefficient (Wildman–Crippen LogP) is 3.59. The maximum Gasteiger partial charge on any atom is 0.0388 e. The van der Waals surface area contributed by atoms with E-state index in [2.05, 4.69) is 36.7 Å². The summed E-state index contributed by atoms with van der Waals surface area (Å²) < 4.78 is 0. The molecular weight excluding hydrogens is 190 g/mol. The molecule has 14 heavy (non-hydrogen) atoms. The lowest BCUT2D eigenvalue weighted by molar-refractivity contribution is 0.442. The summed E-state index contributed by atoms with van der Waals surface area (Å²) in [5, 5.41) is 5.82. The van der Waals surface area contributed by atoms with Crippen LogP contribution < -0.4 is 5.32 Å². The molecule has 1 aromatic rings. The number of thiophene rings is 1. The zero-order valence-corrected chi connectivity index (χ0v) is 9.81. The van der Waals surface area contributed by atoms with Crippen LogP contribution in [0.1, 0.15) is 44.0 Å². The fourth-order valence-electron chi connectivity index (χ4n) is 1.97. The van der Waals surface area contributed by atoms with Gasteiger partial charge in [0.25, 0.3) is 0 Å². The molecule has 0 saturated heterocycles. The van der Waals surface area contributed by atoms with E-state index in [-0.39, 0.29) is 0 Å². The van der Waals surface area contributed by atoms with E-state index in [0.29, 0.717) is 12.1 Å². The third kappa shape index (κ3) is 2.82. The quantitative estimate of drug-likeness (QED) is 0.781. The van der Waals surface area contributed by atoms with Gasteiger partial charge in [0, 0.05) is 17.0 Å². The second-order valence-electron chi connectivity index (χ2n) is 4.48. The van der Waals surface area contributed by atoms with Crippen LogP contribution in [0.4, 0.5) is 0 Å². The number of rotatable bonds is 5. The van der Waals surface area contributed by atoms with Crippen LogP contribution in [0.3, 0.4) is 0 Å². The van der Waals surface area contributed by atoms with Crippen LogP contribution in [0.2, 0.25) is 0 Å². The number of hydrogen-bond acceptors (Lipinski definition) is 2. The molecule has 1 nitrogen and oxygen atoms in total. The summed E-state index contributed by atoms with van der Waals surface area (Å²) >= 11 is 1.85. The van der Waals surface area contributed by atoms with Gasteiger partial charge in [0.2, 0.25) is 0 Å². The van der Waals surface area contributed by atoms with E-state index in [0.717, 1.165) is 5.92 Å². The van der Waals surface area contributed by atoms with Gasteiger partial charge in [-0.1, -0.05) is 18.9 Å². The van der Waals surface area contributed by atoms with Gasteiger partial charge in [-0.3, -0.25) is 0 Å². The summed E-state index contributed by atoms with van der Waals surface area (Å²) in [4.78, 5) is 1.45. The van der Waals surface area contributed by atoms with Crippen LogP contribution in [-0.2, 0) is 0 Å². The molecule has 0 amide bonds. The molecule has 1 heterocycles. The van der Waals surface area contributed by atoms with Crippen LogP contribution in [0.25, 0.3) is 0 Å². The van der Waals surface area contributed by atoms with Crippen molar-refractivity contribution in [1.29, 1.82) is 0 Å². The summed E-state index contributed by atoms with van der Waals surface area (Å²) in [6.07, 6.45) is 4.27. The molecule has 1 aliphatic carbocycles. The third-order valence-electron chi connectivity index (χ3n) is 2.89. The van der Waals surface area contributed by atoms with Gasteiger partial charge in [-0.25, -0.2) is 0 Å². The zero-order chi connectivity index (χ0) is 9.97. The number of hydrogen-bond donors (Lipinski definition) is 1. The van der Waals surface area contributed by atoms with Crippen molar-refractivity contribution in [3.8, 4) is 0 Å². The first-order valence-electron chi connectivity index (χ1n) is 5.55. The Hall–Kier alpha value is -0.340. The van der Waals surface area contributed by atoms with Crippen LogP contribution in [0.15, 0.2) is 17.5 Å². The predicted molar refractivity (Wildman–Crippen MR) is 62.7 cm³/mol. The van der Waals surface area contributed by atoms with Crippen molar-refractivity contribution in [2.45, 2.75) is 45.2 Å². The molecule has 0 spiro atoms. The minimum Gasteiger partial charge on any atom is -0.307 e. The maximum absolute atomic E-state index is 3.66. The lowest BCUT2D eigenvalue weighted by Gasteiger charge is -2.18. The van der Waals surface area contributed by atoms with Gasteiger partial charge in [-0.15, -0.1) is 11.3 Å². The van der Waals surface area contributed by atoms with Crippen LogP contribution in [0.5, 0.6) is 0 Å². The first-order valence-corrected chi connectivity index (χ1v) is 6.43. The Morgan fingerprint density at radius 3 is 2.86 bits per heavy atom. The Balaban J connectivity index is 1.78. The minimum absolute atomic E-state index is 0.517. The third-order valence-corrected chi connectivity index (χ3v) is 3.94. The van der Waals surface area contributed by atoms with Crippen molar-refractivity contribution in [2.24, 2.45) is 5.92 Å². The highest BCUT2D eigenvalue weighted by Crippen LogP contribution is 2.33. The topological polar surface area (TPSA) is 12.0 Å². The lowest BCUT2D eigenvalue weighted by atomic mass is 10.1. The summed E-state index contributed by atoms with van der Waals surface area (Å²) in [5.41, 5.74) is 0. The van der Waals surface area contributed by atoms with Crippen molar-refractivity contribution in [1.82, 2.24) is 5.32 Å². The highest BCUT2D eigenvalue weighted by Gasteiger charge is 2.24. The summed E-state index contributed by atoms with van der Waals surface area (Å²) in [7, 11) is 0. The average molecular weight is 209 g/mol. The largest absolute Gasteiger partial charge is 0.307 e. The van der Waals surface area contributed by atoms with Crippen LogP contribution >= 0.6 is 11.3 Å². The Kier molecular flexibility index (Phi) is 3.24. The van der Waals surface area contributed by atoms with Crippen LogP contribution in [0, 0.1) is 5.92 Å². The fourth-order valence-corrected chi connectivity index (χ4v) is 2.71. The Morgan fingerprint density at radius 2 is 2.29 bits per heavy atom. The highest BCUT2D eigenvalue weighted by atomic mass is 32.1. The highest BCUT2D eigenvalue weighted by molar-refractivity contribution is 7.10. The SMILES string of the molecule is CC(CC1CC1)N[C@H](C)c1cccs1. The molecule has 0 radical (unpaired) electrons. The molecule has 78 valence electrons. The Bertz CT molecular complexity index is 264. The lowest BCUT2D eigenvalue weighted by Crippen LogP contribution is -2.28. The van der Waals surface area contributed by atoms with E-state index in [4.69, 9.17) is 0 Å². The molecule has 1 N–H and O–H groups in total. The van der Waals surface area contributed by atoms with E-state index < -0.39 is 0 Å². The van der Waals surface area contributed by atoms with E-state index in [1.165, 1.54) is 24.1 Å². The van der Waals surface area contributed by atoms with Crippen molar-refractivity contribution >= 4 is 11.3 Å². The second kappa shape index (κ2) is 4.45.